The number of fused-ring (bicyclic) bond motifs is 1. The van der Waals surface area contributed by atoms with E-state index in [1.54, 1.807) is 23.1 Å². The molecule has 0 aliphatic carbocycles. The van der Waals surface area contributed by atoms with Gasteiger partial charge in [0.2, 0.25) is 15.9 Å². The molecule has 0 bridgehead atoms. The van der Waals surface area contributed by atoms with Gasteiger partial charge in [0.1, 0.15) is 0 Å². The molecule has 2 aromatic rings. The van der Waals surface area contributed by atoms with Crippen LogP contribution in [0.15, 0.2) is 47.4 Å². The number of para-hydroxylation sites is 1. The number of nitrogens with one attached hydrogen (secondary N) is 1. The number of nitrogens with zero attached hydrogens (tertiary/aromatic N) is 1. The predicted molar refractivity (Wildman–Crippen MR) is 105 cm³/mol. The fraction of sp³-hybridized carbons (Fsp3) is 0.278. The van der Waals surface area contributed by atoms with Crippen molar-refractivity contribution >= 4 is 39.7 Å². The van der Waals surface area contributed by atoms with Gasteiger partial charge in [-0.05, 0) is 49.2 Å². The summed E-state index contributed by atoms with van der Waals surface area (Å²) in [5.41, 5.74) is 9.22. The number of sulfonamides is 1. The number of halogens is 1. The third kappa shape index (κ3) is 4.00. The summed E-state index contributed by atoms with van der Waals surface area (Å²) in [7, 11) is -2.16. The van der Waals surface area contributed by atoms with Crippen LogP contribution < -0.4 is 15.4 Å². The molecule has 140 valence electrons. The number of carbonyl (C=O) groups excluding carboxylic acids is 1. The van der Waals surface area contributed by atoms with E-state index < -0.39 is 10.0 Å². The highest BCUT2D eigenvalue weighted by Crippen LogP contribution is 2.31. The van der Waals surface area contributed by atoms with E-state index in [1.165, 1.54) is 7.05 Å². The van der Waals surface area contributed by atoms with Gasteiger partial charge in [0.05, 0.1) is 4.90 Å². The first kappa shape index (κ1) is 20.2. The van der Waals surface area contributed by atoms with E-state index in [0.29, 0.717) is 30.8 Å². The smallest absolute Gasteiger partial charge is 0.240 e. The lowest BCUT2D eigenvalue weighted by molar-refractivity contribution is -0.118. The van der Waals surface area contributed by atoms with E-state index in [2.05, 4.69) is 4.72 Å². The number of nitrogens with two attached hydrogens (primary N) is 1. The summed E-state index contributed by atoms with van der Waals surface area (Å²) in [6, 6.07) is 12.4. The van der Waals surface area contributed by atoms with Gasteiger partial charge < -0.3 is 10.6 Å². The van der Waals surface area contributed by atoms with Crippen molar-refractivity contribution in [2.75, 3.05) is 24.2 Å². The van der Waals surface area contributed by atoms with E-state index in [4.69, 9.17) is 5.73 Å². The Morgan fingerprint density at radius 2 is 1.96 bits per heavy atom. The first-order valence-electron chi connectivity index (χ1n) is 8.12. The number of hydrogen-bond donors (Lipinski definition) is 2. The van der Waals surface area contributed by atoms with Crippen molar-refractivity contribution in [2.24, 2.45) is 0 Å². The standard InChI is InChI=1S/C18H21N3O3S.ClH/c1-20-25(23,24)15-8-6-14-10-11-21(17(14)12-15)18(22)9-7-13-4-2-3-5-16(13)19;/h2-6,8,12,20H,7,9-11,19H2,1H3;1H. The molecular formula is C18H22ClN3O3S. The Balaban J connectivity index is 0.00000243. The Labute approximate surface area is 159 Å². The quantitative estimate of drug-likeness (QED) is 0.758. The fourth-order valence-corrected chi connectivity index (χ4v) is 3.79. The van der Waals surface area contributed by atoms with Crippen LogP contribution in [0.1, 0.15) is 17.5 Å². The first-order chi connectivity index (χ1) is 11.9. The van der Waals surface area contributed by atoms with Gasteiger partial charge in [-0.1, -0.05) is 24.3 Å². The average molecular weight is 396 g/mol. The van der Waals surface area contributed by atoms with Crippen LogP contribution in [0.3, 0.4) is 0 Å². The van der Waals surface area contributed by atoms with Crippen LogP contribution in [0.5, 0.6) is 0 Å². The van der Waals surface area contributed by atoms with Crippen molar-refractivity contribution in [1.29, 1.82) is 0 Å². The molecule has 1 aliphatic heterocycles. The van der Waals surface area contributed by atoms with E-state index in [-0.39, 0.29) is 23.2 Å². The molecule has 0 saturated heterocycles. The highest BCUT2D eigenvalue weighted by Gasteiger charge is 2.26. The summed E-state index contributed by atoms with van der Waals surface area (Å²) in [5, 5.41) is 0. The molecule has 3 N–H and O–H groups in total. The molecule has 2 aromatic carbocycles. The van der Waals surface area contributed by atoms with Crippen LogP contribution in [0.2, 0.25) is 0 Å². The summed E-state index contributed by atoms with van der Waals surface area (Å²) in [6.07, 6.45) is 1.62. The van der Waals surface area contributed by atoms with E-state index >= 15 is 0 Å². The largest absolute Gasteiger partial charge is 0.399 e. The maximum atomic E-state index is 12.6. The maximum Gasteiger partial charge on any atom is 0.240 e. The summed E-state index contributed by atoms with van der Waals surface area (Å²) in [5.74, 6) is -0.0268. The lowest BCUT2D eigenvalue weighted by Crippen LogP contribution is -2.29. The zero-order chi connectivity index (χ0) is 18.0. The molecule has 8 heteroatoms. The van der Waals surface area contributed by atoms with Gasteiger partial charge in [-0.2, -0.15) is 0 Å². The Bertz CT molecular complexity index is 916. The van der Waals surface area contributed by atoms with Crippen LogP contribution in [0.25, 0.3) is 0 Å². The minimum atomic E-state index is -3.53. The van der Waals surface area contributed by atoms with Gasteiger partial charge in [-0.3, -0.25) is 4.79 Å². The van der Waals surface area contributed by atoms with E-state index in [1.807, 2.05) is 24.3 Å². The van der Waals surface area contributed by atoms with Gasteiger partial charge in [0, 0.05) is 24.3 Å². The van der Waals surface area contributed by atoms with Gasteiger partial charge in [-0.25, -0.2) is 13.1 Å². The van der Waals surface area contributed by atoms with Crippen molar-refractivity contribution < 1.29 is 13.2 Å². The second kappa shape index (κ2) is 8.07. The average Bonchev–Trinajstić information content (AvgIpc) is 3.04. The number of aryl methyl sites for hydroxylation is 1. The second-order valence-electron chi connectivity index (χ2n) is 5.99. The third-order valence-electron chi connectivity index (χ3n) is 4.50. The van der Waals surface area contributed by atoms with Gasteiger partial charge in [-0.15, -0.1) is 12.4 Å². The molecule has 0 saturated carbocycles. The van der Waals surface area contributed by atoms with Crippen molar-refractivity contribution in [3.63, 3.8) is 0 Å². The third-order valence-corrected chi connectivity index (χ3v) is 5.91. The normalized spacial score (nSPS) is 13.2. The topological polar surface area (TPSA) is 92.5 Å². The highest BCUT2D eigenvalue weighted by molar-refractivity contribution is 7.89. The van der Waals surface area contributed by atoms with Gasteiger partial charge >= 0.3 is 0 Å². The van der Waals surface area contributed by atoms with Crippen molar-refractivity contribution in [3.8, 4) is 0 Å². The van der Waals surface area contributed by atoms with Crippen LogP contribution in [-0.2, 0) is 27.7 Å². The number of rotatable bonds is 5. The Kier molecular flexibility index (Phi) is 6.28. The minimum absolute atomic E-state index is 0. The molecular weight excluding hydrogens is 374 g/mol. The molecule has 0 aromatic heterocycles. The molecule has 1 heterocycles. The second-order valence-corrected chi connectivity index (χ2v) is 7.88. The molecule has 6 nitrogen and oxygen atoms in total. The summed E-state index contributed by atoms with van der Waals surface area (Å²) < 4.78 is 26.3. The van der Waals surface area contributed by atoms with Crippen LogP contribution >= 0.6 is 12.4 Å². The monoisotopic (exact) mass is 395 g/mol. The number of nitrogen functional groups attached to an aromatic ring is 1. The number of anilines is 2. The first-order valence-corrected chi connectivity index (χ1v) is 9.61. The SMILES string of the molecule is CNS(=O)(=O)c1ccc2c(c1)N(C(=O)CCc1ccccc1N)CC2.Cl. The molecule has 0 atom stereocenters. The molecule has 0 unspecified atom stereocenters. The maximum absolute atomic E-state index is 12.6. The highest BCUT2D eigenvalue weighted by atomic mass is 35.5. The summed E-state index contributed by atoms with van der Waals surface area (Å²) in [4.78, 5) is 14.5. The molecule has 3 rings (SSSR count). The summed E-state index contributed by atoms with van der Waals surface area (Å²) >= 11 is 0. The fourth-order valence-electron chi connectivity index (χ4n) is 3.04. The van der Waals surface area contributed by atoms with E-state index in [9.17, 15) is 13.2 Å². The van der Waals surface area contributed by atoms with Crippen LogP contribution in [-0.4, -0.2) is 27.9 Å². The lowest BCUT2D eigenvalue weighted by Gasteiger charge is -2.18. The van der Waals surface area contributed by atoms with Crippen molar-refractivity contribution in [3.05, 3.63) is 53.6 Å². The van der Waals surface area contributed by atoms with Gasteiger partial charge in [0.25, 0.3) is 0 Å². The van der Waals surface area contributed by atoms with Crippen molar-refractivity contribution in [2.45, 2.75) is 24.2 Å². The number of hydrogen-bond acceptors (Lipinski definition) is 4. The number of amides is 1. The Hall–Kier alpha value is -2.09. The molecule has 1 amide bonds. The lowest BCUT2D eigenvalue weighted by atomic mass is 10.1. The van der Waals surface area contributed by atoms with Crippen molar-refractivity contribution in [1.82, 2.24) is 4.72 Å². The number of carbonyl (C=O) groups is 1. The molecule has 26 heavy (non-hydrogen) atoms. The van der Waals surface area contributed by atoms with Gasteiger partial charge in [0.15, 0.2) is 0 Å². The molecule has 1 aliphatic rings. The molecule has 0 spiro atoms. The van der Waals surface area contributed by atoms with Crippen LogP contribution in [0, 0.1) is 0 Å². The zero-order valence-corrected chi connectivity index (χ0v) is 16.1. The zero-order valence-electron chi connectivity index (χ0n) is 14.4. The Morgan fingerprint density at radius 1 is 1.23 bits per heavy atom. The molecule has 0 radical (unpaired) electrons. The molecule has 0 fully saturated rings. The van der Waals surface area contributed by atoms with E-state index in [0.717, 1.165) is 17.5 Å². The van der Waals surface area contributed by atoms with Crippen LogP contribution in [0.4, 0.5) is 11.4 Å². The predicted octanol–water partition coefficient (Wildman–Crippen LogP) is 2.12. The minimum Gasteiger partial charge on any atom is -0.399 e. The Morgan fingerprint density at radius 3 is 2.65 bits per heavy atom. The number of benzene rings is 2. The summed E-state index contributed by atoms with van der Waals surface area (Å²) in [6.45, 7) is 0.571.